The Morgan fingerprint density at radius 2 is 1.11 bits per heavy atom. The Hall–Kier alpha value is -7.04. The van der Waals surface area contributed by atoms with Gasteiger partial charge in [0, 0.05) is 28.3 Å². The average molecular weight is 678 g/mol. The lowest BCUT2D eigenvalue weighted by Gasteiger charge is -2.42. The fourth-order valence-electron chi connectivity index (χ4n) is 8.65. The molecule has 0 fully saturated rings. The number of pyridine rings is 2. The zero-order valence-electron chi connectivity index (χ0n) is 28.6. The molecule has 6 aromatic carbocycles. The number of rotatable bonds is 3. The van der Waals surface area contributed by atoms with Gasteiger partial charge in [0.25, 0.3) is 0 Å². The zero-order valence-corrected chi connectivity index (χ0v) is 28.6. The second-order valence-corrected chi connectivity index (χ2v) is 13.8. The van der Waals surface area contributed by atoms with Gasteiger partial charge < -0.3 is 4.74 Å². The fourth-order valence-corrected chi connectivity index (χ4v) is 8.65. The van der Waals surface area contributed by atoms with Crippen LogP contribution in [-0.2, 0) is 5.41 Å². The summed E-state index contributed by atoms with van der Waals surface area (Å²) in [5.41, 5.74) is 13.8. The molecule has 0 unspecified atom stereocenters. The van der Waals surface area contributed by atoms with Gasteiger partial charge in [-0.05, 0) is 88.0 Å². The highest BCUT2D eigenvalue weighted by Crippen LogP contribution is 2.58. The van der Waals surface area contributed by atoms with Crippen LogP contribution < -0.4 is 4.74 Å². The van der Waals surface area contributed by atoms with Crippen molar-refractivity contribution in [2.45, 2.75) is 5.41 Å². The van der Waals surface area contributed by atoms with Gasteiger partial charge in [0.05, 0.1) is 27.7 Å². The smallest absolute Gasteiger partial charge is 0.137 e. The van der Waals surface area contributed by atoms with Crippen molar-refractivity contribution in [1.29, 1.82) is 0 Å². The second kappa shape index (κ2) is 11.5. The molecule has 2 aliphatic rings. The van der Waals surface area contributed by atoms with Gasteiger partial charge in [-0.25, -0.2) is 9.97 Å². The van der Waals surface area contributed by atoms with E-state index in [4.69, 9.17) is 14.7 Å². The van der Waals surface area contributed by atoms with Gasteiger partial charge in [0.2, 0.25) is 0 Å². The van der Waals surface area contributed by atoms with Gasteiger partial charge in [0.1, 0.15) is 17.3 Å². The molecule has 11 rings (SSSR count). The minimum atomic E-state index is -0.609. The average Bonchev–Trinajstić information content (AvgIpc) is 3.48. The summed E-state index contributed by atoms with van der Waals surface area (Å²) in [6.45, 7) is 0. The molecule has 1 aliphatic heterocycles. The van der Waals surface area contributed by atoms with Crippen molar-refractivity contribution in [2.75, 3.05) is 0 Å². The van der Waals surface area contributed by atoms with Crippen molar-refractivity contribution in [3.05, 3.63) is 209 Å². The Morgan fingerprint density at radius 3 is 1.89 bits per heavy atom. The lowest BCUT2D eigenvalue weighted by atomic mass is 9.62. The molecular weight excluding hydrogens is 647 g/mol. The van der Waals surface area contributed by atoms with Crippen molar-refractivity contribution < 1.29 is 4.74 Å². The Bertz CT molecular complexity index is 2880. The number of nitrogens with zero attached hydrogens (tertiary/aromatic N) is 3. The van der Waals surface area contributed by atoms with Crippen LogP contribution in [0, 0.1) is 0 Å². The molecule has 0 N–H and O–H groups in total. The lowest BCUT2D eigenvalue weighted by molar-refractivity contribution is 0.434. The highest BCUT2D eigenvalue weighted by Gasteiger charge is 2.47. The van der Waals surface area contributed by atoms with Crippen LogP contribution in [-0.4, -0.2) is 14.5 Å². The molecule has 0 saturated heterocycles. The van der Waals surface area contributed by atoms with Crippen LogP contribution in [0.5, 0.6) is 11.5 Å². The summed E-state index contributed by atoms with van der Waals surface area (Å²) in [4.78, 5) is 10.1. The first kappa shape index (κ1) is 29.7. The van der Waals surface area contributed by atoms with E-state index < -0.39 is 5.41 Å². The first-order valence-electron chi connectivity index (χ1n) is 18.0. The van der Waals surface area contributed by atoms with Gasteiger partial charge in [-0.1, -0.05) is 127 Å². The predicted molar refractivity (Wildman–Crippen MR) is 215 cm³/mol. The van der Waals surface area contributed by atoms with Crippen molar-refractivity contribution in [1.82, 2.24) is 14.5 Å². The van der Waals surface area contributed by atoms with E-state index in [9.17, 15) is 0 Å². The highest BCUT2D eigenvalue weighted by molar-refractivity contribution is 6.09. The minimum Gasteiger partial charge on any atom is -0.457 e. The number of hydrogen-bond donors (Lipinski definition) is 0. The zero-order chi connectivity index (χ0) is 34.9. The largest absolute Gasteiger partial charge is 0.457 e. The summed E-state index contributed by atoms with van der Waals surface area (Å²) >= 11 is 0. The topological polar surface area (TPSA) is 39.9 Å². The summed E-state index contributed by atoms with van der Waals surface area (Å²) in [5.74, 6) is 2.62. The van der Waals surface area contributed by atoms with Gasteiger partial charge >= 0.3 is 0 Å². The quantitative estimate of drug-likeness (QED) is 0.187. The van der Waals surface area contributed by atoms with Crippen LogP contribution in [0.1, 0.15) is 33.4 Å². The van der Waals surface area contributed by atoms with E-state index >= 15 is 0 Å². The molecule has 0 amide bonds. The predicted octanol–water partition coefficient (Wildman–Crippen LogP) is 11.9. The van der Waals surface area contributed by atoms with Crippen LogP contribution in [0.25, 0.3) is 62.3 Å². The Balaban J connectivity index is 1.18. The molecule has 0 atom stereocenters. The molecule has 0 saturated carbocycles. The fraction of sp³-hybridized carbons (Fsp3) is 0.0204. The molecule has 248 valence electrons. The first-order valence-corrected chi connectivity index (χ1v) is 18.0. The number of ether oxygens (including phenoxy) is 1. The van der Waals surface area contributed by atoms with Gasteiger partial charge in [-0.15, -0.1) is 0 Å². The summed E-state index contributed by atoms with van der Waals surface area (Å²) < 4.78 is 8.85. The summed E-state index contributed by atoms with van der Waals surface area (Å²) in [7, 11) is 0. The number of fused-ring (bicyclic) bond motifs is 11. The lowest BCUT2D eigenvalue weighted by Crippen LogP contribution is -2.35. The van der Waals surface area contributed by atoms with E-state index in [1.54, 1.807) is 0 Å². The Morgan fingerprint density at radius 1 is 0.472 bits per heavy atom. The first-order chi connectivity index (χ1) is 26.3. The normalized spacial score (nSPS) is 13.5. The third-order valence-electron chi connectivity index (χ3n) is 11.0. The summed E-state index contributed by atoms with van der Waals surface area (Å²) in [6, 6.07) is 60.3. The highest BCUT2D eigenvalue weighted by atomic mass is 16.5. The second-order valence-electron chi connectivity index (χ2n) is 13.8. The summed E-state index contributed by atoms with van der Waals surface area (Å²) in [6.07, 6.45) is 6.38. The van der Waals surface area contributed by atoms with Crippen molar-refractivity contribution in [2.24, 2.45) is 0 Å². The molecule has 9 aromatic rings. The maximum absolute atomic E-state index is 6.63. The van der Waals surface area contributed by atoms with Crippen molar-refractivity contribution in [3.8, 4) is 39.7 Å². The minimum absolute atomic E-state index is 0.609. The molecule has 1 spiro atoms. The SMILES string of the molecule is C1=Cc2ccc(-c3ccc4c(c3)c3nc(-c5ccccc5)ccc3n4-c3ccccn3)cc2C2(c3ccccc31)c1ccccc1Oc1ccccc12. The number of benzene rings is 6. The number of aromatic nitrogens is 3. The van der Waals surface area contributed by atoms with Crippen molar-refractivity contribution in [3.63, 3.8) is 0 Å². The standard InChI is InChI=1S/C49H31N3O/c1-2-13-34(14-3-1)42-26-28-44-48(51-42)37-30-35(25-27-43(37)52(44)47-20-10-11-29-50-47)36-24-23-33-22-21-32-12-4-5-15-38(32)49(41(33)31-36)39-16-6-8-18-45(39)53-46-19-9-7-17-40(46)49/h1-31H. The monoisotopic (exact) mass is 677 g/mol. The molecule has 1 aliphatic carbocycles. The third kappa shape index (κ3) is 4.36. The van der Waals surface area contributed by atoms with E-state index in [2.05, 4.69) is 168 Å². The maximum Gasteiger partial charge on any atom is 0.137 e. The van der Waals surface area contributed by atoms with Gasteiger partial charge in [-0.2, -0.15) is 0 Å². The maximum atomic E-state index is 6.63. The molecule has 0 radical (unpaired) electrons. The molecule has 3 aromatic heterocycles. The third-order valence-corrected chi connectivity index (χ3v) is 11.0. The van der Waals surface area contributed by atoms with E-state index in [-0.39, 0.29) is 0 Å². The van der Waals surface area contributed by atoms with E-state index in [0.717, 1.165) is 72.8 Å². The van der Waals surface area contributed by atoms with Crippen LogP contribution in [0.3, 0.4) is 0 Å². The molecule has 4 nitrogen and oxygen atoms in total. The van der Waals surface area contributed by atoms with E-state index in [1.807, 2.05) is 24.4 Å². The molecule has 53 heavy (non-hydrogen) atoms. The number of para-hydroxylation sites is 2. The molecule has 4 heteroatoms. The van der Waals surface area contributed by atoms with Crippen LogP contribution in [0.15, 0.2) is 176 Å². The van der Waals surface area contributed by atoms with E-state index in [0.29, 0.717) is 0 Å². The molecular formula is C49H31N3O. The number of hydrogen-bond acceptors (Lipinski definition) is 3. The van der Waals surface area contributed by atoms with Crippen molar-refractivity contribution >= 4 is 34.1 Å². The van der Waals surface area contributed by atoms with Crippen LogP contribution in [0.2, 0.25) is 0 Å². The Labute approximate surface area is 307 Å². The van der Waals surface area contributed by atoms with Crippen LogP contribution in [0.4, 0.5) is 0 Å². The van der Waals surface area contributed by atoms with Crippen LogP contribution >= 0.6 is 0 Å². The molecule has 4 heterocycles. The molecule has 0 bridgehead atoms. The Kier molecular flexibility index (Phi) is 6.43. The summed E-state index contributed by atoms with van der Waals surface area (Å²) in [5, 5.41) is 1.08. The van der Waals surface area contributed by atoms with Gasteiger partial charge in [-0.3, -0.25) is 4.57 Å². The van der Waals surface area contributed by atoms with E-state index in [1.165, 1.54) is 22.3 Å². The van der Waals surface area contributed by atoms with Gasteiger partial charge in [0.15, 0.2) is 0 Å².